The van der Waals surface area contributed by atoms with E-state index in [1.54, 1.807) is 0 Å². The number of hydrogen-bond donors (Lipinski definition) is 1. The molecule has 1 aromatic rings. The summed E-state index contributed by atoms with van der Waals surface area (Å²) in [7, 11) is 1.50. The lowest BCUT2D eigenvalue weighted by Gasteiger charge is -2.33. The lowest BCUT2D eigenvalue weighted by Crippen LogP contribution is -2.51. The number of halogens is 1. The zero-order valence-corrected chi connectivity index (χ0v) is 12.9. The number of pyridine rings is 1. The maximum atomic E-state index is 4.54. The third-order valence-electron chi connectivity index (χ3n) is 3.52. The van der Waals surface area contributed by atoms with Crippen LogP contribution in [0.1, 0.15) is 18.4 Å². The molecule has 94 valence electrons. The summed E-state index contributed by atoms with van der Waals surface area (Å²) in [5.74, 6) is 4.15. The van der Waals surface area contributed by atoms with Gasteiger partial charge < -0.3 is 10.2 Å². The number of rotatable bonds is 1. The molecule has 1 N–H and O–H groups in total. The van der Waals surface area contributed by atoms with Gasteiger partial charge in [0.15, 0.2) is 0 Å². The Balaban J connectivity index is 1.73. The molecule has 2 fully saturated rings. The average molecular weight is 371 g/mol. The van der Waals surface area contributed by atoms with E-state index in [1.165, 1.54) is 21.8 Å². The zero-order valence-electron chi connectivity index (χ0n) is 9.90. The van der Waals surface area contributed by atoms with Crippen molar-refractivity contribution in [2.24, 2.45) is 0 Å². The van der Waals surface area contributed by atoms with Gasteiger partial charge in [0.05, 0.1) is 0 Å². The Morgan fingerprint density at radius 2 is 2.11 bits per heavy atom. The van der Waals surface area contributed by atoms with Gasteiger partial charge in [-0.3, -0.25) is 0 Å². The molecule has 0 aromatic carbocycles. The SMILES string of the molecule is ISC#Cc1ccc(N2CC3CCC(C2)N3)nc1. The average Bonchev–Trinajstić information content (AvgIpc) is 2.76. The van der Waals surface area contributed by atoms with Gasteiger partial charge in [0, 0.05) is 58.1 Å². The van der Waals surface area contributed by atoms with Crippen LogP contribution in [0.25, 0.3) is 0 Å². The van der Waals surface area contributed by atoms with Crippen LogP contribution in [0, 0.1) is 11.2 Å². The lowest BCUT2D eigenvalue weighted by atomic mass is 10.2. The third kappa shape index (κ3) is 2.76. The van der Waals surface area contributed by atoms with Crippen molar-refractivity contribution in [2.45, 2.75) is 24.9 Å². The van der Waals surface area contributed by atoms with Crippen molar-refractivity contribution in [3.8, 4) is 11.2 Å². The van der Waals surface area contributed by atoms with E-state index in [0.717, 1.165) is 24.5 Å². The topological polar surface area (TPSA) is 28.2 Å². The van der Waals surface area contributed by atoms with Gasteiger partial charge in [-0.15, -0.1) is 0 Å². The molecule has 18 heavy (non-hydrogen) atoms. The Kier molecular flexibility index (Phi) is 3.97. The number of nitrogens with zero attached hydrogens (tertiary/aromatic N) is 2. The molecule has 3 heterocycles. The standard InChI is InChI=1S/C13H14IN3S/c14-18-6-5-10-1-4-13(15-7-10)17-8-11-2-3-12(9-17)16-11/h1,4,7,11-12,16H,2-3,8-9H2. The highest BCUT2D eigenvalue weighted by molar-refractivity contribution is 14.2. The molecule has 0 spiro atoms. The fraction of sp³-hybridized carbons (Fsp3) is 0.462. The maximum absolute atomic E-state index is 4.54. The van der Waals surface area contributed by atoms with Gasteiger partial charge in [0.25, 0.3) is 0 Å². The zero-order chi connectivity index (χ0) is 12.4. The van der Waals surface area contributed by atoms with Crippen molar-refractivity contribution in [1.29, 1.82) is 0 Å². The highest BCUT2D eigenvalue weighted by Gasteiger charge is 2.32. The molecule has 2 aliphatic rings. The first-order valence-electron chi connectivity index (χ1n) is 6.11. The predicted molar refractivity (Wildman–Crippen MR) is 84.9 cm³/mol. The summed E-state index contributed by atoms with van der Waals surface area (Å²) in [6, 6.07) is 5.46. The minimum absolute atomic E-state index is 0.653. The van der Waals surface area contributed by atoms with Gasteiger partial charge in [0.2, 0.25) is 0 Å². The van der Waals surface area contributed by atoms with Crippen LogP contribution in [0.15, 0.2) is 18.3 Å². The Morgan fingerprint density at radius 3 is 2.72 bits per heavy atom. The minimum atomic E-state index is 0.653. The molecule has 0 radical (unpaired) electrons. The van der Waals surface area contributed by atoms with E-state index in [9.17, 15) is 0 Å². The second-order valence-electron chi connectivity index (χ2n) is 4.75. The van der Waals surface area contributed by atoms with Gasteiger partial charge in [-0.25, -0.2) is 4.98 Å². The van der Waals surface area contributed by atoms with E-state index in [1.807, 2.05) is 6.20 Å². The normalized spacial score (nSPS) is 25.7. The number of anilines is 1. The molecule has 5 heteroatoms. The smallest absolute Gasteiger partial charge is 0.128 e. The summed E-state index contributed by atoms with van der Waals surface area (Å²) in [5.41, 5.74) is 0.987. The van der Waals surface area contributed by atoms with Gasteiger partial charge in [-0.1, -0.05) is 5.92 Å². The molecule has 2 unspecified atom stereocenters. The number of nitrogens with one attached hydrogen (secondary N) is 1. The van der Waals surface area contributed by atoms with E-state index in [-0.39, 0.29) is 0 Å². The van der Waals surface area contributed by atoms with Crippen LogP contribution >= 0.6 is 30.1 Å². The minimum Gasteiger partial charge on any atom is -0.353 e. The Bertz CT molecular complexity index is 467. The van der Waals surface area contributed by atoms with E-state index in [0.29, 0.717) is 12.1 Å². The molecule has 2 bridgehead atoms. The van der Waals surface area contributed by atoms with E-state index < -0.39 is 0 Å². The van der Waals surface area contributed by atoms with Crippen molar-refractivity contribution in [1.82, 2.24) is 10.3 Å². The Labute approximate surface area is 124 Å². The molecule has 2 saturated heterocycles. The summed E-state index contributed by atoms with van der Waals surface area (Å²) in [4.78, 5) is 6.93. The molecule has 1 aromatic heterocycles. The van der Waals surface area contributed by atoms with Crippen molar-refractivity contribution in [3.63, 3.8) is 0 Å². The number of fused-ring (bicyclic) bond motifs is 2. The van der Waals surface area contributed by atoms with Gasteiger partial charge in [0.1, 0.15) is 5.82 Å². The predicted octanol–water partition coefficient (Wildman–Crippen LogP) is 2.41. The summed E-state index contributed by atoms with van der Waals surface area (Å²) in [6.07, 6.45) is 4.48. The van der Waals surface area contributed by atoms with E-state index in [4.69, 9.17) is 0 Å². The van der Waals surface area contributed by atoms with Crippen molar-refractivity contribution < 1.29 is 0 Å². The third-order valence-corrected chi connectivity index (χ3v) is 4.36. The summed E-state index contributed by atoms with van der Waals surface area (Å²) < 4.78 is 0. The maximum Gasteiger partial charge on any atom is 0.128 e. The first kappa shape index (κ1) is 12.6. The fourth-order valence-corrected chi connectivity index (χ4v) is 3.20. The lowest BCUT2D eigenvalue weighted by molar-refractivity contribution is 0.463. The highest BCUT2D eigenvalue weighted by atomic mass is 127. The van der Waals surface area contributed by atoms with Crippen LogP contribution in [0.4, 0.5) is 5.82 Å². The van der Waals surface area contributed by atoms with Gasteiger partial charge in [-0.2, -0.15) is 0 Å². The first-order valence-corrected chi connectivity index (χ1v) is 9.47. The Morgan fingerprint density at radius 1 is 1.33 bits per heavy atom. The van der Waals surface area contributed by atoms with Crippen molar-refractivity contribution >= 4 is 36.0 Å². The van der Waals surface area contributed by atoms with Crippen LogP contribution in [-0.2, 0) is 0 Å². The number of hydrogen-bond acceptors (Lipinski definition) is 4. The molecule has 3 rings (SSSR count). The highest BCUT2D eigenvalue weighted by Crippen LogP contribution is 2.23. The van der Waals surface area contributed by atoms with Crippen LogP contribution in [0.2, 0.25) is 0 Å². The second-order valence-corrected chi connectivity index (χ2v) is 6.43. The summed E-state index contributed by atoms with van der Waals surface area (Å²) in [5, 5.41) is 6.61. The van der Waals surface area contributed by atoms with Crippen molar-refractivity contribution in [3.05, 3.63) is 23.9 Å². The molecule has 3 nitrogen and oxygen atoms in total. The van der Waals surface area contributed by atoms with Gasteiger partial charge in [-0.05, 0) is 39.2 Å². The van der Waals surface area contributed by atoms with Crippen molar-refractivity contribution in [2.75, 3.05) is 18.0 Å². The second kappa shape index (κ2) is 5.68. The summed E-state index contributed by atoms with van der Waals surface area (Å²) >= 11 is 2.17. The quantitative estimate of drug-likeness (QED) is 0.606. The van der Waals surface area contributed by atoms with Crippen LogP contribution in [-0.4, -0.2) is 30.2 Å². The summed E-state index contributed by atoms with van der Waals surface area (Å²) in [6.45, 7) is 2.16. The van der Waals surface area contributed by atoms with Crippen LogP contribution in [0.5, 0.6) is 0 Å². The van der Waals surface area contributed by atoms with Crippen LogP contribution in [0.3, 0.4) is 0 Å². The molecular formula is C13H14IN3S. The fourth-order valence-electron chi connectivity index (χ4n) is 2.71. The monoisotopic (exact) mass is 371 g/mol. The molecule has 0 saturated carbocycles. The van der Waals surface area contributed by atoms with E-state index >= 15 is 0 Å². The van der Waals surface area contributed by atoms with Crippen LogP contribution < -0.4 is 10.2 Å². The molecule has 0 aliphatic carbocycles. The number of aromatic nitrogens is 1. The number of piperazine rings is 1. The first-order chi connectivity index (χ1) is 8.85. The van der Waals surface area contributed by atoms with E-state index in [2.05, 4.69) is 59.7 Å². The molecular weight excluding hydrogens is 357 g/mol. The largest absolute Gasteiger partial charge is 0.353 e. The molecule has 0 amide bonds. The Hall–Kier alpha value is -0.450. The molecule has 2 aliphatic heterocycles. The van der Waals surface area contributed by atoms with Gasteiger partial charge >= 0.3 is 0 Å². The molecule has 2 atom stereocenters.